The molecule has 4 heterocycles. The lowest BCUT2D eigenvalue weighted by atomic mass is 10.0. The number of aliphatic carboxylic acids is 1. The van der Waals surface area contributed by atoms with Gasteiger partial charge in [0.2, 0.25) is 5.60 Å². The van der Waals surface area contributed by atoms with Crippen molar-refractivity contribution in [3.05, 3.63) is 28.2 Å². The number of aryl methyl sites for hydroxylation is 1. The summed E-state index contributed by atoms with van der Waals surface area (Å²) in [6, 6.07) is -1.06. The smallest absolute Gasteiger partial charge is 0.353 e. The van der Waals surface area contributed by atoms with E-state index >= 15 is 0 Å². The number of thiazole rings is 1. The minimum absolute atomic E-state index is 0.0375. The van der Waals surface area contributed by atoms with E-state index in [1.165, 1.54) is 35.8 Å². The molecule has 2 aliphatic rings. The number of anilines is 1. The number of carbonyl (C=O) groups excluding carboxylic acids is 3. The third-order valence-corrected chi connectivity index (χ3v) is 7.67. The number of nitrogen functional groups attached to an aromatic ring is 1. The van der Waals surface area contributed by atoms with Crippen LogP contribution in [0.15, 0.2) is 21.8 Å². The van der Waals surface area contributed by atoms with Gasteiger partial charge in [-0.15, -0.1) is 33.3 Å². The summed E-state index contributed by atoms with van der Waals surface area (Å²) in [5.41, 5.74) is 3.35. The summed E-state index contributed by atoms with van der Waals surface area (Å²) < 4.78 is 5.36. The molecule has 220 valence electrons. The summed E-state index contributed by atoms with van der Waals surface area (Å²) in [4.78, 5) is 63.1. The number of carboxylic acid groups (broad SMARTS) is 1. The van der Waals surface area contributed by atoms with Gasteiger partial charge in [-0.1, -0.05) is 5.16 Å². The standard InChI is InChI=1S/C23H29N9O7S2/c1-10-27-30-31(28-10)7-11-8-40-18-14(17(34)32(18)15(11)19(35)36)26-16(33)13(12-9-41-21(24)25-12)29-39-23(5,6)20(37)38-22(2,3)4/h9,14,18H,7-8H2,1-6H3,(H2,24,25)(H,26,33)(H,35,36)/b29-13-/t14-,18-/m1/s1. The number of thioether (sulfide) groups is 1. The van der Waals surface area contributed by atoms with Gasteiger partial charge in [0.1, 0.15) is 28.4 Å². The highest BCUT2D eigenvalue weighted by atomic mass is 32.2. The molecule has 2 aliphatic heterocycles. The minimum atomic E-state index is -1.57. The number of esters is 1. The maximum absolute atomic E-state index is 13.4. The topological polar surface area (TPSA) is 217 Å². The van der Waals surface area contributed by atoms with Crippen LogP contribution in [0.4, 0.5) is 5.13 Å². The Balaban J connectivity index is 1.54. The first-order valence-corrected chi connectivity index (χ1v) is 14.2. The van der Waals surface area contributed by atoms with Gasteiger partial charge in [-0.3, -0.25) is 14.5 Å². The number of carbonyl (C=O) groups is 4. The normalized spacial score (nSPS) is 19.4. The molecule has 0 bridgehead atoms. The van der Waals surface area contributed by atoms with Crippen LogP contribution in [0, 0.1) is 6.92 Å². The third kappa shape index (κ3) is 6.48. The first kappa shape index (κ1) is 29.9. The quantitative estimate of drug-likeness (QED) is 0.151. The fraction of sp³-hybridized carbons (Fsp3) is 0.522. The Labute approximate surface area is 242 Å². The summed E-state index contributed by atoms with van der Waals surface area (Å²) in [7, 11) is 0. The lowest BCUT2D eigenvalue weighted by molar-refractivity contribution is -0.179. The molecule has 1 saturated heterocycles. The molecule has 18 heteroatoms. The number of fused-ring (bicyclic) bond motifs is 1. The molecule has 4 N–H and O–H groups in total. The van der Waals surface area contributed by atoms with Crippen LogP contribution in [0.2, 0.25) is 0 Å². The van der Waals surface area contributed by atoms with Crippen LogP contribution in [0.1, 0.15) is 46.1 Å². The molecule has 0 spiro atoms. The number of aromatic nitrogens is 5. The lowest BCUT2D eigenvalue weighted by Crippen LogP contribution is -2.71. The van der Waals surface area contributed by atoms with Crippen molar-refractivity contribution < 1.29 is 33.9 Å². The SMILES string of the molecule is Cc1nnn(CC2=C(C(=O)O)N3C(=O)[C@@H](NC(=O)/C(=N\OC(C)(C)C(=O)OC(C)(C)C)c4csc(N)n4)[C@H]3SC2)n1. The molecule has 2 atom stereocenters. The Bertz CT molecular complexity index is 1460. The second-order valence-electron chi connectivity index (χ2n) is 10.6. The van der Waals surface area contributed by atoms with Crippen molar-refractivity contribution in [3.63, 3.8) is 0 Å². The van der Waals surface area contributed by atoms with Crippen molar-refractivity contribution in [2.45, 2.75) is 70.7 Å². The number of tetrazole rings is 1. The summed E-state index contributed by atoms with van der Waals surface area (Å²) >= 11 is 2.33. The van der Waals surface area contributed by atoms with Crippen LogP contribution in [-0.4, -0.2) is 93.0 Å². The zero-order valence-electron chi connectivity index (χ0n) is 23.1. The molecule has 4 rings (SSSR count). The van der Waals surface area contributed by atoms with Crippen molar-refractivity contribution in [2.75, 3.05) is 11.5 Å². The molecule has 16 nitrogen and oxygen atoms in total. The molecule has 41 heavy (non-hydrogen) atoms. The van der Waals surface area contributed by atoms with E-state index in [4.69, 9.17) is 15.3 Å². The van der Waals surface area contributed by atoms with E-state index in [-0.39, 0.29) is 34.5 Å². The molecule has 0 aromatic carbocycles. The fourth-order valence-corrected chi connectivity index (χ4v) is 5.66. The van der Waals surface area contributed by atoms with Gasteiger partial charge in [0.15, 0.2) is 16.7 Å². The Kier molecular flexibility index (Phi) is 8.08. The van der Waals surface area contributed by atoms with E-state index in [0.29, 0.717) is 11.4 Å². The number of oxime groups is 1. The Morgan fingerprint density at radius 1 is 1.27 bits per heavy atom. The van der Waals surface area contributed by atoms with Crippen LogP contribution in [0.25, 0.3) is 0 Å². The van der Waals surface area contributed by atoms with Crippen molar-refractivity contribution in [1.82, 2.24) is 35.4 Å². The van der Waals surface area contributed by atoms with Crippen molar-refractivity contribution in [2.24, 2.45) is 5.16 Å². The van der Waals surface area contributed by atoms with Gasteiger partial charge in [0.05, 0.1) is 6.54 Å². The number of β-lactam (4-membered cyclic amide) rings is 1. The Morgan fingerprint density at radius 2 is 1.98 bits per heavy atom. The number of nitrogens with two attached hydrogens (primary N) is 1. The van der Waals surface area contributed by atoms with E-state index in [2.05, 4.69) is 30.9 Å². The molecule has 2 amide bonds. The van der Waals surface area contributed by atoms with Crippen LogP contribution in [-0.2, 0) is 35.3 Å². The molecule has 0 unspecified atom stereocenters. The average Bonchev–Trinajstić information content (AvgIpc) is 3.48. The summed E-state index contributed by atoms with van der Waals surface area (Å²) in [6.45, 7) is 9.63. The van der Waals surface area contributed by atoms with E-state index in [1.54, 1.807) is 27.7 Å². The number of carboxylic acids is 1. The van der Waals surface area contributed by atoms with Gasteiger partial charge in [-0.2, -0.15) is 4.80 Å². The Morgan fingerprint density at radius 3 is 2.54 bits per heavy atom. The van der Waals surface area contributed by atoms with Crippen LogP contribution in [0.5, 0.6) is 0 Å². The van der Waals surface area contributed by atoms with Gasteiger partial charge in [0.25, 0.3) is 11.8 Å². The zero-order chi connectivity index (χ0) is 30.3. The molecule has 2 aromatic rings. The summed E-state index contributed by atoms with van der Waals surface area (Å²) in [5.74, 6) is -2.79. The number of nitrogens with zero attached hydrogens (tertiary/aromatic N) is 7. The van der Waals surface area contributed by atoms with Crippen molar-refractivity contribution in [3.8, 4) is 0 Å². The van der Waals surface area contributed by atoms with E-state index in [1.807, 2.05) is 0 Å². The van der Waals surface area contributed by atoms with Gasteiger partial charge < -0.3 is 25.7 Å². The summed E-state index contributed by atoms with van der Waals surface area (Å²) in [5, 5.41) is 29.1. The molecule has 2 aromatic heterocycles. The van der Waals surface area contributed by atoms with E-state index in [9.17, 15) is 24.3 Å². The second-order valence-corrected chi connectivity index (χ2v) is 12.6. The predicted molar refractivity (Wildman–Crippen MR) is 146 cm³/mol. The van der Waals surface area contributed by atoms with Crippen LogP contribution >= 0.6 is 23.1 Å². The number of hydrogen-bond acceptors (Lipinski definition) is 14. The molecule has 0 radical (unpaired) electrons. The molecule has 1 fully saturated rings. The van der Waals surface area contributed by atoms with E-state index in [0.717, 1.165) is 16.2 Å². The first-order valence-electron chi connectivity index (χ1n) is 12.2. The number of amides is 2. The van der Waals surface area contributed by atoms with E-state index < -0.39 is 46.4 Å². The number of nitrogens with one attached hydrogen (secondary N) is 1. The first-order chi connectivity index (χ1) is 19.1. The highest BCUT2D eigenvalue weighted by molar-refractivity contribution is 8.00. The van der Waals surface area contributed by atoms with Gasteiger partial charge >= 0.3 is 11.9 Å². The van der Waals surface area contributed by atoms with Gasteiger partial charge in [-0.25, -0.2) is 14.6 Å². The minimum Gasteiger partial charge on any atom is -0.477 e. The molecular weight excluding hydrogens is 578 g/mol. The predicted octanol–water partition coefficient (Wildman–Crippen LogP) is 0.300. The number of rotatable bonds is 9. The average molecular weight is 608 g/mol. The maximum Gasteiger partial charge on any atom is 0.353 e. The zero-order valence-corrected chi connectivity index (χ0v) is 24.7. The van der Waals surface area contributed by atoms with Crippen LogP contribution in [0.3, 0.4) is 0 Å². The maximum atomic E-state index is 13.4. The van der Waals surface area contributed by atoms with Crippen LogP contribution < -0.4 is 11.1 Å². The Hall–Kier alpha value is -4.06. The highest BCUT2D eigenvalue weighted by Gasteiger charge is 2.54. The molecular formula is C23H29N9O7S2. The molecule has 0 saturated carbocycles. The highest BCUT2D eigenvalue weighted by Crippen LogP contribution is 2.40. The molecule has 0 aliphatic carbocycles. The van der Waals surface area contributed by atoms with Gasteiger partial charge in [0, 0.05) is 11.1 Å². The lowest BCUT2D eigenvalue weighted by Gasteiger charge is -2.49. The summed E-state index contributed by atoms with van der Waals surface area (Å²) in [6.07, 6.45) is 0. The number of ether oxygens (including phenoxy) is 1. The third-order valence-electron chi connectivity index (χ3n) is 5.66. The van der Waals surface area contributed by atoms with Crippen molar-refractivity contribution >= 4 is 57.7 Å². The van der Waals surface area contributed by atoms with Gasteiger partial charge in [-0.05, 0) is 52.3 Å². The number of hydrogen-bond donors (Lipinski definition) is 3. The van der Waals surface area contributed by atoms with Crippen molar-refractivity contribution in [1.29, 1.82) is 0 Å². The monoisotopic (exact) mass is 607 g/mol. The largest absolute Gasteiger partial charge is 0.477 e. The fourth-order valence-electron chi connectivity index (χ4n) is 3.77. The second kappa shape index (κ2) is 11.1.